The van der Waals surface area contributed by atoms with Crippen molar-refractivity contribution in [2.75, 3.05) is 11.9 Å². The van der Waals surface area contributed by atoms with Gasteiger partial charge in [0.05, 0.1) is 6.61 Å². The molecule has 4 heteroatoms. The van der Waals surface area contributed by atoms with Crippen LogP contribution in [0.25, 0.3) is 0 Å². The lowest BCUT2D eigenvalue weighted by Gasteiger charge is -2.17. The summed E-state index contributed by atoms with van der Waals surface area (Å²) in [5, 5.41) is 2.85. The maximum atomic E-state index is 11.7. The Morgan fingerprint density at radius 1 is 1.53 bits per heavy atom. The number of carbonyl (C=O) groups excluding carboxylic acids is 1. The molecular formula is C13H18N2O2. The van der Waals surface area contributed by atoms with Crippen LogP contribution in [0, 0.1) is 0 Å². The third-order valence-electron chi connectivity index (χ3n) is 2.59. The molecule has 1 heterocycles. The lowest BCUT2D eigenvalue weighted by molar-refractivity contribution is -0.117. The third-order valence-corrected chi connectivity index (χ3v) is 2.59. The van der Waals surface area contributed by atoms with Crippen LogP contribution in [0.1, 0.15) is 25.8 Å². The van der Waals surface area contributed by atoms with Gasteiger partial charge in [-0.05, 0) is 37.6 Å². The summed E-state index contributed by atoms with van der Waals surface area (Å²) in [6, 6.07) is 5.71. The van der Waals surface area contributed by atoms with Gasteiger partial charge in [0.1, 0.15) is 5.75 Å². The number of ether oxygens (including phenoxy) is 1. The Balaban J connectivity index is 2.02. The number of benzene rings is 1. The monoisotopic (exact) mass is 234 g/mol. The summed E-state index contributed by atoms with van der Waals surface area (Å²) in [6.07, 6.45) is 1.21. The van der Waals surface area contributed by atoms with Crippen LogP contribution in [0.5, 0.6) is 5.75 Å². The maximum Gasteiger partial charge on any atom is 0.226 e. The van der Waals surface area contributed by atoms with Crippen molar-refractivity contribution in [3.8, 4) is 5.75 Å². The minimum Gasteiger partial charge on any atom is -0.493 e. The van der Waals surface area contributed by atoms with Gasteiger partial charge in [0.15, 0.2) is 0 Å². The van der Waals surface area contributed by atoms with E-state index in [-0.39, 0.29) is 5.91 Å². The number of carbonyl (C=O) groups is 1. The Labute approximate surface area is 101 Å². The molecule has 0 aliphatic carbocycles. The van der Waals surface area contributed by atoms with Gasteiger partial charge in [-0.15, -0.1) is 0 Å². The van der Waals surface area contributed by atoms with Crippen molar-refractivity contribution in [1.29, 1.82) is 0 Å². The van der Waals surface area contributed by atoms with Crippen LogP contribution in [0.3, 0.4) is 0 Å². The minimum atomic E-state index is -0.482. The van der Waals surface area contributed by atoms with Crippen LogP contribution >= 0.6 is 0 Å². The molecular weight excluding hydrogens is 216 g/mol. The second kappa shape index (κ2) is 4.37. The number of nitrogens with two attached hydrogens (primary N) is 1. The Hall–Kier alpha value is -1.55. The molecule has 0 fully saturated rings. The van der Waals surface area contributed by atoms with Crippen LogP contribution < -0.4 is 15.8 Å². The zero-order valence-corrected chi connectivity index (χ0v) is 10.2. The van der Waals surface area contributed by atoms with Crippen molar-refractivity contribution in [3.05, 3.63) is 23.8 Å². The summed E-state index contributed by atoms with van der Waals surface area (Å²) in [6.45, 7) is 4.40. The summed E-state index contributed by atoms with van der Waals surface area (Å²) in [5.41, 5.74) is 7.27. The number of anilines is 1. The fraction of sp³-hybridized carbons (Fsp3) is 0.462. The van der Waals surface area contributed by atoms with Gasteiger partial charge in [-0.25, -0.2) is 0 Å². The topological polar surface area (TPSA) is 64.4 Å². The second-order valence-corrected chi connectivity index (χ2v) is 5.13. The molecule has 4 nitrogen and oxygen atoms in total. The molecule has 0 spiro atoms. The Kier molecular flexibility index (Phi) is 3.07. The first-order valence-corrected chi connectivity index (χ1v) is 5.78. The first-order chi connectivity index (χ1) is 7.94. The molecule has 1 amide bonds. The highest BCUT2D eigenvalue weighted by Gasteiger charge is 2.17. The fourth-order valence-electron chi connectivity index (χ4n) is 1.88. The Morgan fingerprint density at radius 3 is 3.00 bits per heavy atom. The quantitative estimate of drug-likeness (QED) is 0.836. The predicted molar refractivity (Wildman–Crippen MR) is 67.2 cm³/mol. The number of hydrogen-bond acceptors (Lipinski definition) is 3. The number of rotatable bonds is 3. The molecule has 1 aliphatic heterocycles. The average molecular weight is 234 g/mol. The highest BCUT2D eigenvalue weighted by molar-refractivity contribution is 5.91. The van der Waals surface area contributed by atoms with Gasteiger partial charge in [0, 0.05) is 24.1 Å². The zero-order chi connectivity index (χ0) is 12.5. The highest BCUT2D eigenvalue weighted by Crippen LogP contribution is 2.27. The van der Waals surface area contributed by atoms with Gasteiger partial charge in [-0.1, -0.05) is 0 Å². The van der Waals surface area contributed by atoms with Gasteiger partial charge < -0.3 is 15.8 Å². The number of nitrogens with one attached hydrogen (secondary N) is 1. The van der Waals surface area contributed by atoms with E-state index in [0.717, 1.165) is 30.0 Å². The molecule has 0 radical (unpaired) electrons. The van der Waals surface area contributed by atoms with Crippen LogP contribution in [0.2, 0.25) is 0 Å². The van der Waals surface area contributed by atoms with Crippen molar-refractivity contribution in [2.45, 2.75) is 32.2 Å². The minimum absolute atomic E-state index is 0.0589. The lowest BCUT2D eigenvalue weighted by Crippen LogP contribution is -2.36. The van der Waals surface area contributed by atoms with E-state index < -0.39 is 5.54 Å². The van der Waals surface area contributed by atoms with E-state index in [9.17, 15) is 4.79 Å². The summed E-state index contributed by atoms with van der Waals surface area (Å²) < 4.78 is 5.41. The highest BCUT2D eigenvalue weighted by atomic mass is 16.5. The molecule has 1 aromatic rings. The summed E-state index contributed by atoms with van der Waals surface area (Å²) in [7, 11) is 0. The fourth-order valence-corrected chi connectivity index (χ4v) is 1.88. The Morgan fingerprint density at radius 2 is 2.29 bits per heavy atom. The molecule has 2 rings (SSSR count). The normalized spacial score (nSPS) is 14.1. The van der Waals surface area contributed by atoms with Crippen LogP contribution in [0.4, 0.5) is 5.69 Å². The zero-order valence-electron chi connectivity index (χ0n) is 10.2. The third kappa shape index (κ3) is 3.20. The van der Waals surface area contributed by atoms with Gasteiger partial charge >= 0.3 is 0 Å². The van der Waals surface area contributed by atoms with Gasteiger partial charge in [-0.3, -0.25) is 4.79 Å². The molecule has 0 unspecified atom stereocenters. The molecule has 0 bridgehead atoms. The summed E-state index contributed by atoms with van der Waals surface area (Å²) >= 11 is 0. The van der Waals surface area contributed by atoms with Crippen LogP contribution in [-0.4, -0.2) is 18.1 Å². The van der Waals surface area contributed by atoms with Crippen molar-refractivity contribution < 1.29 is 9.53 Å². The van der Waals surface area contributed by atoms with E-state index in [1.54, 1.807) is 0 Å². The predicted octanol–water partition coefficient (Wildman–Crippen LogP) is 1.69. The summed E-state index contributed by atoms with van der Waals surface area (Å²) in [4.78, 5) is 11.7. The van der Waals surface area contributed by atoms with E-state index in [1.165, 1.54) is 0 Å². The molecule has 17 heavy (non-hydrogen) atoms. The molecule has 0 atom stereocenters. The van der Waals surface area contributed by atoms with Crippen molar-refractivity contribution >= 4 is 11.6 Å². The lowest BCUT2D eigenvalue weighted by atomic mass is 10.0. The molecule has 3 N–H and O–H groups in total. The van der Waals surface area contributed by atoms with Gasteiger partial charge in [0.25, 0.3) is 0 Å². The first kappa shape index (κ1) is 11.9. The Bertz CT molecular complexity index is 436. The average Bonchev–Trinajstić information content (AvgIpc) is 2.61. The van der Waals surface area contributed by atoms with Crippen molar-refractivity contribution in [1.82, 2.24) is 0 Å². The largest absolute Gasteiger partial charge is 0.493 e. The van der Waals surface area contributed by atoms with Crippen LogP contribution in [-0.2, 0) is 11.2 Å². The molecule has 1 aliphatic rings. The van der Waals surface area contributed by atoms with E-state index >= 15 is 0 Å². The molecule has 1 aromatic carbocycles. The first-order valence-electron chi connectivity index (χ1n) is 5.78. The van der Waals surface area contributed by atoms with E-state index in [4.69, 9.17) is 10.5 Å². The summed E-state index contributed by atoms with van der Waals surface area (Å²) in [5.74, 6) is 0.860. The van der Waals surface area contributed by atoms with E-state index in [2.05, 4.69) is 5.32 Å². The second-order valence-electron chi connectivity index (χ2n) is 5.13. The number of amides is 1. The number of fused-ring (bicyclic) bond motifs is 1. The molecule has 0 saturated heterocycles. The standard InChI is InChI=1S/C13H18N2O2/c1-13(2,14)8-12(16)15-10-3-4-11-9(7-10)5-6-17-11/h3-4,7H,5-6,8,14H2,1-2H3,(H,15,16). The van der Waals surface area contributed by atoms with Crippen LogP contribution in [0.15, 0.2) is 18.2 Å². The van der Waals surface area contributed by atoms with Gasteiger partial charge in [0.2, 0.25) is 5.91 Å². The van der Waals surface area contributed by atoms with Crippen molar-refractivity contribution in [2.24, 2.45) is 5.73 Å². The van der Waals surface area contributed by atoms with Crippen molar-refractivity contribution in [3.63, 3.8) is 0 Å². The molecule has 0 saturated carbocycles. The van der Waals surface area contributed by atoms with Gasteiger partial charge in [-0.2, -0.15) is 0 Å². The molecule has 0 aromatic heterocycles. The SMILES string of the molecule is CC(C)(N)CC(=O)Nc1ccc2c(c1)CCO2. The smallest absolute Gasteiger partial charge is 0.226 e. The molecule has 92 valence electrons. The maximum absolute atomic E-state index is 11.7. The van der Waals surface area contributed by atoms with E-state index in [0.29, 0.717) is 6.42 Å². The number of hydrogen-bond donors (Lipinski definition) is 2. The van der Waals surface area contributed by atoms with E-state index in [1.807, 2.05) is 32.0 Å².